The molecule has 0 saturated carbocycles. The zero-order chi connectivity index (χ0) is 30.5. The monoisotopic (exact) mass is 597 g/mol. The van der Waals surface area contributed by atoms with Gasteiger partial charge in [-0.2, -0.15) is 0 Å². The minimum atomic E-state index is -3.50. The van der Waals surface area contributed by atoms with Crippen molar-refractivity contribution in [1.29, 1.82) is 0 Å². The summed E-state index contributed by atoms with van der Waals surface area (Å²) in [6, 6.07) is 16.1. The van der Waals surface area contributed by atoms with Crippen LogP contribution in [0.5, 0.6) is 0 Å². The number of alkyl carbamates (subject to hydrolysis) is 1. The van der Waals surface area contributed by atoms with Gasteiger partial charge in [0, 0.05) is 37.2 Å². The highest BCUT2D eigenvalue weighted by atomic mass is 31.2. The fraction of sp³-hybridized carbons (Fsp3) is 0.310. The Bertz CT molecular complexity index is 1390. The second-order valence-corrected chi connectivity index (χ2v) is 11.8. The van der Waals surface area contributed by atoms with Crippen molar-refractivity contribution < 1.29 is 33.2 Å². The van der Waals surface area contributed by atoms with E-state index in [2.05, 4.69) is 25.8 Å². The molecule has 2 aromatic carbocycles. The molecule has 0 spiro atoms. The summed E-state index contributed by atoms with van der Waals surface area (Å²) in [6.45, 7) is 5.32. The van der Waals surface area contributed by atoms with Gasteiger partial charge in [-0.15, -0.1) is 0 Å². The van der Waals surface area contributed by atoms with Gasteiger partial charge in [-0.1, -0.05) is 30.3 Å². The van der Waals surface area contributed by atoms with Crippen LogP contribution in [0, 0.1) is 0 Å². The topological polar surface area (TPSA) is 157 Å². The lowest BCUT2D eigenvalue weighted by Crippen LogP contribution is -2.37. The molecule has 0 aliphatic carbocycles. The van der Waals surface area contributed by atoms with Crippen LogP contribution in [0.4, 0.5) is 16.2 Å². The number of esters is 1. The zero-order valence-corrected chi connectivity index (χ0v) is 24.9. The number of methoxy groups -OCH3 is 1. The summed E-state index contributed by atoms with van der Waals surface area (Å²) >= 11 is 0. The van der Waals surface area contributed by atoms with Crippen LogP contribution < -0.4 is 20.8 Å². The Labute approximate surface area is 245 Å². The Kier molecular flexibility index (Phi) is 12.0. The predicted octanol–water partition coefficient (Wildman–Crippen LogP) is 4.90. The molecule has 0 saturated heterocycles. The maximum Gasteiger partial charge on any atom is 0.407 e. The molecule has 0 aliphatic rings. The third-order valence-corrected chi connectivity index (χ3v) is 7.67. The van der Waals surface area contributed by atoms with E-state index in [1.807, 2.05) is 0 Å². The van der Waals surface area contributed by atoms with Crippen LogP contribution in [0.1, 0.15) is 42.3 Å². The first-order valence-electron chi connectivity index (χ1n) is 13.2. The number of carbonyl (C=O) groups excluding carboxylic acids is 3. The molecule has 4 N–H and O–H groups in total. The highest BCUT2D eigenvalue weighted by Gasteiger charge is 2.29. The Balaban J connectivity index is 1.59. The molecule has 3 rings (SSSR count). The number of rotatable bonds is 14. The SMILES string of the molecule is COCP(=O)(Nc1ccccc1NC(=O)c1ccc(CNC(=O)OCc2cccnc2)cc1)N[C@@H](C)C(=O)OC(C)C. The van der Waals surface area contributed by atoms with Gasteiger partial charge in [0.2, 0.25) is 0 Å². The molecule has 1 unspecified atom stereocenters. The predicted molar refractivity (Wildman–Crippen MR) is 159 cm³/mol. The molecule has 0 radical (unpaired) electrons. The Hall–Kier alpha value is -4.25. The number of nitrogens with zero attached hydrogens (tertiary/aromatic N) is 1. The second-order valence-electron chi connectivity index (χ2n) is 9.59. The van der Waals surface area contributed by atoms with Gasteiger partial charge >= 0.3 is 12.1 Å². The van der Waals surface area contributed by atoms with Gasteiger partial charge in [0.25, 0.3) is 13.4 Å². The summed E-state index contributed by atoms with van der Waals surface area (Å²) in [5.74, 6) is -0.951. The van der Waals surface area contributed by atoms with Gasteiger partial charge in [-0.05, 0) is 56.7 Å². The first-order valence-corrected chi connectivity index (χ1v) is 15.1. The molecule has 12 nitrogen and oxygen atoms in total. The number of anilines is 2. The molecule has 42 heavy (non-hydrogen) atoms. The molecule has 224 valence electrons. The Morgan fingerprint density at radius 2 is 1.64 bits per heavy atom. The summed E-state index contributed by atoms with van der Waals surface area (Å²) < 4.78 is 29.2. The summed E-state index contributed by atoms with van der Waals surface area (Å²) in [5, 5.41) is 11.2. The minimum Gasteiger partial charge on any atom is -0.462 e. The van der Waals surface area contributed by atoms with E-state index in [0.717, 1.165) is 11.1 Å². The van der Waals surface area contributed by atoms with E-state index in [0.29, 0.717) is 16.9 Å². The van der Waals surface area contributed by atoms with Crippen LogP contribution in [0.25, 0.3) is 0 Å². The van der Waals surface area contributed by atoms with Gasteiger partial charge in [-0.25, -0.2) is 9.88 Å². The van der Waals surface area contributed by atoms with E-state index in [-0.39, 0.29) is 25.6 Å². The Morgan fingerprint density at radius 1 is 0.929 bits per heavy atom. The highest BCUT2D eigenvalue weighted by Crippen LogP contribution is 2.43. The van der Waals surface area contributed by atoms with Crippen molar-refractivity contribution in [1.82, 2.24) is 15.4 Å². The fourth-order valence-electron chi connectivity index (χ4n) is 3.69. The summed E-state index contributed by atoms with van der Waals surface area (Å²) in [4.78, 5) is 41.3. The average Bonchev–Trinajstić information content (AvgIpc) is 2.96. The molecular weight excluding hydrogens is 561 g/mol. The third-order valence-electron chi connectivity index (χ3n) is 5.64. The van der Waals surface area contributed by atoms with Crippen molar-refractivity contribution in [2.75, 3.05) is 23.9 Å². The average molecular weight is 598 g/mol. The van der Waals surface area contributed by atoms with Crippen LogP contribution >= 0.6 is 7.44 Å². The number of nitrogens with one attached hydrogen (secondary N) is 4. The normalized spacial score (nSPS) is 13.0. The first kappa shape index (κ1) is 32.3. The largest absolute Gasteiger partial charge is 0.462 e. The van der Waals surface area contributed by atoms with E-state index in [1.165, 1.54) is 7.11 Å². The number of benzene rings is 2. The van der Waals surface area contributed by atoms with E-state index in [9.17, 15) is 18.9 Å². The quantitative estimate of drug-likeness (QED) is 0.149. The molecule has 0 fully saturated rings. The fourth-order valence-corrected chi connectivity index (χ4v) is 5.58. The van der Waals surface area contributed by atoms with Crippen LogP contribution in [0.2, 0.25) is 0 Å². The molecule has 2 atom stereocenters. The third kappa shape index (κ3) is 10.3. The lowest BCUT2D eigenvalue weighted by Gasteiger charge is -2.25. The molecule has 13 heteroatoms. The molecule has 3 aromatic rings. The zero-order valence-electron chi connectivity index (χ0n) is 24.0. The maximum absolute atomic E-state index is 13.6. The summed E-state index contributed by atoms with van der Waals surface area (Å²) in [5.41, 5.74) is 2.66. The van der Waals surface area contributed by atoms with Crippen molar-refractivity contribution in [3.63, 3.8) is 0 Å². The number of hydrogen-bond acceptors (Lipinski definition) is 8. The van der Waals surface area contributed by atoms with E-state index >= 15 is 0 Å². The highest BCUT2D eigenvalue weighted by molar-refractivity contribution is 7.63. The van der Waals surface area contributed by atoms with E-state index in [4.69, 9.17) is 14.2 Å². The molecule has 1 aromatic heterocycles. The molecule has 2 amide bonds. The number of aromatic nitrogens is 1. The number of amides is 2. The lowest BCUT2D eigenvalue weighted by molar-refractivity contribution is -0.148. The summed E-state index contributed by atoms with van der Waals surface area (Å²) in [7, 11) is -2.11. The number of hydrogen-bond donors (Lipinski definition) is 4. The molecular formula is C29H36N5O7P. The van der Waals surface area contributed by atoms with Crippen LogP contribution in [0.3, 0.4) is 0 Å². The van der Waals surface area contributed by atoms with Crippen LogP contribution in [-0.4, -0.2) is 48.6 Å². The van der Waals surface area contributed by atoms with Crippen LogP contribution in [-0.2, 0) is 36.7 Å². The number of carbonyl (C=O) groups is 3. The van der Waals surface area contributed by atoms with Crippen molar-refractivity contribution in [3.05, 3.63) is 89.7 Å². The van der Waals surface area contributed by atoms with Gasteiger partial charge < -0.3 is 29.9 Å². The van der Waals surface area contributed by atoms with Gasteiger partial charge in [0.05, 0.1) is 17.5 Å². The minimum absolute atomic E-state index is 0.107. The lowest BCUT2D eigenvalue weighted by atomic mass is 10.1. The number of para-hydroxylation sites is 2. The Morgan fingerprint density at radius 3 is 2.29 bits per heavy atom. The standard InChI is InChI=1S/C29H36N5O7P/c1-20(2)41-28(36)21(3)33-42(38,19-39-4)34-26-10-6-5-9-25(26)32-27(35)24-13-11-22(12-14-24)17-31-29(37)40-18-23-8-7-15-30-16-23/h5-16,20-21H,17-19H2,1-4H3,(H,31,37)(H,32,35)(H2,33,34,38)/t21-,42?/m0/s1. The first-order chi connectivity index (χ1) is 20.1. The maximum atomic E-state index is 13.6. The van der Waals surface area contributed by atoms with E-state index in [1.54, 1.807) is 93.8 Å². The van der Waals surface area contributed by atoms with Gasteiger partial charge in [0.15, 0.2) is 0 Å². The van der Waals surface area contributed by atoms with Crippen LogP contribution in [0.15, 0.2) is 73.1 Å². The molecule has 1 heterocycles. The van der Waals surface area contributed by atoms with Gasteiger partial charge in [0.1, 0.15) is 19.0 Å². The van der Waals surface area contributed by atoms with Crippen molar-refractivity contribution in [2.24, 2.45) is 0 Å². The van der Waals surface area contributed by atoms with Gasteiger partial charge in [-0.3, -0.25) is 19.1 Å². The van der Waals surface area contributed by atoms with Crippen molar-refractivity contribution in [2.45, 2.75) is 46.1 Å². The smallest absolute Gasteiger partial charge is 0.407 e. The molecule has 0 aliphatic heterocycles. The number of ether oxygens (including phenoxy) is 3. The van der Waals surface area contributed by atoms with Crippen molar-refractivity contribution >= 4 is 36.8 Å². The second kappa shape index (κ2) is 15.7. The van der Waals surface area contributed by atoms with Crippen molar-refractivity contribution in [3.8, 4) is 0 Å². The molecule has 0 bridgehead atoms. The van der Waals surface area contributed by atoms with E-state index < -0.39 is 31.5 Å². The number of pyridine rings is 1. The summed E-state index contributed by atoms with van der Waals surface area (Å²) in [6.07, 6.45) is 2.14.